The second-order valence-electron chi connectivity index (χ2n) is 6.13. The lowest BCUT2D eigenvalue weighted by Gasteiger charge is -2.14. The zero-order valence-electron chi connectivity index (χ0n) is 15.1. The number of fused-ring (bicyclic) bond motifs is 1. The van der Waals surface area contributed by atoms with Gasteiger partial charge in [0.2, 0.25) is 5.89 Å². The number of rotatable bonds is 7. The van der Waals surface area contributed by atoms with Crippen LogP contribution in [0.5, 0.6) is 0 Å². The number of aliphatic hydroxyl groups excluding tert-OH is 1. The predicted molar refractivity (Wildman–Crippen MR) is 110 cm³/mol. The monoisotopic (exact) mass is 414 g/mol. The third kappa shape index (κ3) is 3.73. The van der Waals surface area contributed by atoms with Crippen LogP contribution >= 0.6 is 23.1 Å². The number of para-hydroxylation sites is 1. The Morgan fingerprint density at radius 1 is 1.25 bits per heavy atom. The molecule has 0 saturated heterocycles. The first-order valence-corrected chi connectivity index (χ1v) is 10.6. The Morgan fingerprint density at radius 3 is 2.89 bits per heavy atom. The summed E-state index contributed by atoms with van der Waals surface area (Å²) in [4.78, 5) is 18.5. The number of hydrogen-bond donors (Lipinski definition) is 1. The van der Waals surface area contributed by atoms with E-state index in [4.69, 9.17) is 4.42 Å². The zero-order chi connectivity index (χ0) is 19.5. The summed E-state index contributed by atoms with van der Waals surface area (Å²) in [5.74, 6) is 0.964. The molecule has 0 aliphatic heterocycles. The number of nitrogens with zero attached hydrogens (tertiary/aromatic N) is 4. The van der Waals surface area contributed by atoms with Crippen LogP contribution in [-0.2, 0) is 6.54 Å². The Labute approximate surface area is 169 Å². The smallest absolute Gasteiger partial charge is 0.262 e. The van der Waals surface area contributed by atoms with E-state index in [1.165, 1.54) is 23.1 Å². The van der Waals surface area contributed by atoms with Crippen molar-refractivity contribution < 1.29 is 9.52 Å². The maximum Gasteiger partial charge on any atom is 0.262 e. The van der Waals surface area contributed by atoms with Crippen molar-refractivity contribution in [2.45, 2.75) is 30.3 Å². The number of hydrogen-bond acceptors (Lipinski definition) is 8. The van der Waals surface area contributed by atoms with E-state index in [-0.39, 0.29) is 17.4 Å². The van der Waals surface area contributed by atoms with Crippen molar-refractivity contribution in [1.29, 1.82) is 0 Å². The Hall–Kier alpha value is -2.49. The minimum atomic E-state index is -0.186. The van der Waals surface area contributed by atoms with E-state index in [0.29, 0.717) is 40.8 Å². The minimum absolute atomic E-state index is 0.00671. The Kier molecular flexibility index (Phi) is 5.56. The van der Waals surface area contributed by atoms with Gasteiger partial charge in [0, 0.05) is 13.2 Å². The molecule has 0 saturated carbocycles. The van der Waals surface area contributed by atoms with Crippen LogP contribution in [0.4, 0.5) is 0 Å². The summed E-state index contributed by atoms with van der Waals surface area (Å²) in [5, 5.41) is 20.4. The molecule has 144 valence electrons. The highest BCUT2D eigenvalue weighted by molar-refractivity contribution is 7.99. The van der Waals surface area contributed by atoms with Crippen LogP contribution < -0.4 is 5.56 Å². The summed E-state index contributed by atoms with van der Waals surface area (Å²) in [5.41, 5.74) is 0.533. The van der Waals surface area contributed by atoms with Gasteiger partial charge in [-0.2, -0.15) is 0 Å². The summed E-state index contributed by atoms with van der Waals surface area (Å²) in [6.07, 6.45) is 0.477. The molecule has 0 radical (unpaired) electrons. The fourth-order valence-electron chi connectivity index (χ4n) is 2.77. The van der Waals surface area contributed by atoms with Crippen molar-refractivity contribution in [3.63, 3.8) is 0 Å². The fraction of sp³-hybridized carbons (Fsp3) is 0.263. The molecule has 0 aliphatic rings. The molecule has 9 heteroatoms. The second kappa shape index (κ2) is 8.26. The van der Waals surface area contributed by atoms with Gasteiger partial charge in [-0.05, 0) is 36.9 Å². The molecule has 3 heterocycles. The van der Waals surface area contributed by atoms with Gasteiger partial charge in [0.15, 0.2) is 5.16 Å². The van der Waals surface area contributed by atoms with E-state index in [1.807, 2.05) is 42.6 Å². The minimum Gasteiger partial charge on any atom is -0.419 e. The molecule has 0 aliphatic carbocycles. The fourth-order valence-corrected chi connectivity index (χ4v) is 4.38. The van der Waals surface area contributed by atoms with E-state index in [2.05, 4.69) is 15.2 Å². The Balaban J connectivity index is 1.67. The molecule has 1 aromatic carbocycles. The number of aromatic nitrogens is 4. The van der Waals surface area contributed by atoms with Crippen LogP contribution in [0, 0.1) is 0 Å². The van der Waals surface area contributed by atoms with Gasteiger partial charge in [0.1, 0.15) is 0 Å². The van der Waals surface area contributed by atoms with Crippen molar-refractivity contribution in [1.82, 2.24) is 19.7 Å². The number of aliphatic hydroxyl groups is 1. The van der Waals surface area contributed by atoms with Crippen molar-refractivity contribution in [3.05, 3.63) is 58.0 Å². The summed E-state index contributed by atoms with van der Waals surface area (Å²) in [7, 11) is 0. The number of benzene rings is 1. The van der Waals surface area contributed by atoms with Crippen LogP contribution in [0.1, 0.15) is 24.5 Å². The third-order valence-corrected chi connectivity index (χ3v) is 6.10. The lowest BCUT2D eigenvalue weighted by molar-refractivity contribution is 0.276. The van der Waals surface area contributed by atoms with Crippen LogP contribution in [0.15, 0.2) is 56.1 Å². The molecule has 4 rings (SSSR count). The van der Waals surface area contributed by atoms with Gasteiger partial charge in [0.05, 0.1) is 21.0 Å². The van der Waals surface area contributed by atoms with Gasteiger partial charge in [-0.1, -0.05) is 30.0 Å². The van der Waals surface area contributed by atoms with Gasteiger partial charge in [-0.25, -0.2) is 4.98 Å². The first-order chi connectivity index (χ1) is 13.7. The first kappa shape index (κ1) is 18.9. The molecule has 7 nitrogen and oxygen atoms in total. The molecule has 0 amide bonds. The largest absolute Gasteiger partial charge is 0.419 e. The van der Waals surface area contributed by atoms with Crippen LogP contribution in [-0.4, -0.2) is 31.5 Å². The lowest BCUT2D eigenvalue weighted by atomic mass is 10.2. The molecule has 0 spiro atoms. The van der Waals surface area contributed by atoms with Gasteiger partial charge in [-0.3, -0.25) is 9.36 Å². The molecular formula is C19H18N4O3S2. The zero-order valence-corrected chi connectivity index (χ0v) is 16.7. The second-order valence-corrected chi connectivity index (χ2v) is 8.38. The summed E-state index contributed by atoms with van der Waals surface area (Å²) >= 11 is 2.93. The lowest BCUT2D eigenvalue weighted by Crippen LogP contribution is -2.24. The maximum absolute atomic E-state index is 12.9. The van der Waals surface area contributed by atoms with E-state index < -0.39 is 0 Å². The Morgan fingerprint density at radius 2 is 2.11 bits per heavy atom. The normalized spacial score (nSPS) is 12.5. The first-order valence-electron chi connectivity index (χ1n) is 8.81. The van der Waals surface area contributed by atoms with E-state index in [0.717, 1.165) is 4.88 Å². The summed E-state index contributed by atoms with van der Waals surface area (Å²) in [6, 6.07) is 11.1. The molecule has 1 N–H and O–H groups in total. The topological polar surface area (TPSA) is 94.0 Å². The van der Waals surface area contributed by atoms with Gasteiger partial charge in [0.25, 0.3) is 11.4 Å². The molecule has 28 heavy (non-hydrogen) atoms. The maximum atomic E-state index is 12.9. The van der Waals surface area contributed by atoms with Gasteiger partial charge >= 0.3 is 0 Å². The van der Waals surface area contributed by atoms with E-state index in [9.17, 15) is 9.90 Å². The average Bonchev–Trinajstić information content (AvgIpc) is 3.39. The quantitative estimate of drug-likeness (QED) is 0.364. The van der Waals surface area contributed by atoms with Crippen LogP contribution in [0.25, 0.3) is 21.7 Å². The average molecular weight is 415 g/mol. The molecule has 1 atom stereocenters. The van der Waals surface area contributed by atoms with Gasteiger partial charge < -0.3 is 9.52 Å². The van der Waals surface area contributed by atoms with Crippen LogP contribution in [0.2, 0.25) is 0 Å². The summed E-state index contributed by atoms with van der Waals surface area (Å²) < 4.78 is 7.42. The standard InChI is InChI=1S/C19H18N4O3S2/c1-12(16-21-22-17(26-16)15-8-4-11-27-15)28-19-20-14-7-3-2-6-13(14)18(25)23(19)9-5-10-24/h2-4,6-8,11-12,24H,5,9-10H2,1H3. The molecule has 0 fully saturated rings. The van der Waals surface area contributed by atoms with Crippen molar-refractivity contribution in [2.24, 2.45) is 0 Å². The van der Waals surface area contributed by atoms with Crippen molar-refractivity contribution in [2.75, 3.05) is 6.61 Å². The summed E-state index contributed by atoms with van der Waals surface area (Å²) in [6.45, 7) is 2.34. The van der Waals surface area contributed by atoms with E-state index in [1.54, 1.807) is 10.6 Å². The number of thioether (sulfide) groups is 1. The molecule has 1 unspecified atom stereocenters. The molecule has 0 bridgehead atoms. The van der Waals surface area contributed by atoms with Gasteiger partial charge in [-0.15, -0.1) is 21.5 Å². The van der Waals surface area contributed by atoms with Crippen LogP contribution in [0.3, 0.4) is 0 Å². The molecular weight excluding hydrogens is 396 g/mol. The van der Waals surface area contributed by atoms with E-state index >= 15 is 0 Å². The highest BCUT2D eigenvalue weighted by Gasteiger charge is 2.20. The van der Waals surface area contributed by atoms with Crippen molar-refractivity contribution in [3.8, 4) is 10.8 Å². The van der Waals surface area contributed by atoms with Crippen molar-refractivity contribution >= 4 is 34.0 Å². The SMILES string of the molecule is CC(Sc1nc2ccccc2c(=O)n1CCCO)c1nnc(-c2cccs2)o1. The molecule has 4 aromatic rings. The Bertz CT molecular complexity index is 1140. The third-order valence-electron chi connectivity index (χ3n) is 4.17. The predicted octanol–water partition coefficient (Wildman–Crippen LogP) is 3.74. The number of thiophene rings is 1. The highest BCUT2D eigenvalue weighted by Crippen LogP contribution is 2.35. The molecule has 3 aromatic heterocycles. The highest BCUT2D eigenvalue weighted by atomic mass is 32.2.